The third kappa shape index (κ3) is 4.73. The van der Waals surface area contributed by atoms with Crippen LogP contribution >= 0.6 is 0 Å². The van der Waals surface area contributed by atoms with Crippen molar-refractivity contribution in [3.05, 3.63) is 53.3 Å². The molecular formula is C16H19N3O3. The lowest BCUT2D eigenvalue weighted by molar-refractivity contribution is -0.121. The van der Waals surface area contributed by atoms with Crippen LogP contribution in [0, 0.1) is 0 Å². The van der Waals surface area contributed by atoms with Gasteiger partial charge in [0, 0.05) is 26.2 Å². The molecule has 2 rings (SSSR count). The molecule has 0 unspecified atom stereocenters. The van der Waals surface area contributed by atoms with Gasteiger partial charge >= 0.3 is 5.97 Å². The molecule has 0 spiro atoms. The maximum absolute atomic E-state index is 11.8. The summed E-state index contributed by atoms with van der Waals surface area (Å²) >= 11 is 0. The molecule has 6 nitrogen and oxygen atoms in total. The monoisotopic (exact) mass is 301 g/mol. The van der Waals surface area contributed by atoms with Gasteiger partial charge in [0.05, 0.1) is 11.8 Å². The maximum Gasteiger partial charge on any atom is 0.335 e. The summed E-state index contributed by atoms with van der Waals surface area (Å²) in [5.41, 5.74) is 2.30. The van der Waals surface area contributed by atoms with Gasteiger partial charge in [-0.2, -0.15) is 5.10 Å². The summed E-state index contributed by atoms with van der Waals surface area (Å²) in [5, 5.41) is 15.8. The van der Waals surface area contributed by atoms with Crippen LogP contribution in [0.2, 0.25) is 0 Å². The van der Waals surface area contributed by atoms with Gasteiger partial charge in [-0.1, -0.05) is 12.1 Å². The Kier molecular flexibility index (Phi) is 5.30. The fourth-order valence-corrected chi connectivity index (χ4v) is 2.11. The number of carbonyl (C=O) groups is 2. The van der Waals surface area contributed by atoms with Gasteiger partial charge in [-0.05, 0) is 36.1 Å². The molecule has 0 saturated heterocycles. The maximum atomic E-state index is 11.8. The third-order valence-corrected chi connectivity index (χ3v) is 3.34. The average Bonchev–Trinajstić information content (AvgIpc) is 2.91. The lowest BCUT2D eigenvalue weighted by atomic mass is 10.1. The minimum atomic E-state index is -0.945. The minimum Gasteiger partial charge on any atom is -0.478 e. The second-order valence-electron chi connectivity index (χ2n) is 5.12. The Morgan fingerprint density at radius 3 is 2.50 bits per heavy atom. The minimum absolute atomic E-state index is 0.00815. The van der Waals surface area contributed by atoms with Crippen LogP contribution in [0.1, 0.15) is 27.9 Å². The summed E-state index contributed by atoms with van der Waals surface area (Å²) in [6.07, 6.45) is 5.46. The molecule has 0 saturated carbocycles. The zero-order valence-electron chi connectivity index (χ0n) is 12.5. The Hall–Kier alpha value is -2.63. The number of nitrogens with zero attached hydrogens (tertiary/aromatic N) is 2. The van der Waals surface area contributed by atoms with Crippen molar-refractivity contribution in [2.24, 2.45) is 7.05 Å². The van der Waals surface area contributed by atoms with E-state index in [1.54, 1.807) is 35.1 Å². The number of aromatic carboxylic acids is 1. The molecule has 0 aliphatic carbocycles. The van der Waals surface area contributed by atoms with Crippen molar-refractivity contribution in [3.63, 3.8) is 0 Å². The van der Waals surface area contributed by atoms with Crippen molar-refractivity contribution in [2.45, 2.75) is 19.3 Å². The summed E-state index contributed by atoms with van der Waals surface area (Å²) in [6, 6.07) is 6.59. The van der Waals surface area contributed by atoms with E-state index in [0.29, 0.717) is 19.4 Å². The first-order chi connectivity index (χ1) is 10.5. The molecule has 1 aromatic carbocycles. The van der Waals surface area contributed by atoms with Crippen molar-refractivity contribution in [1.82, 2.24) is 15.1 Å². The fraction of sp³-hybridized carbons (Fsp3) is 0.312. The van der Waals surface area contributed by atoms with E-state index in [1.807, 2.05) is 13.2 Å². The number of carboxylic acid groups (broad SMARTS) is 1. The average molecular weight is 301 g/mol. The van der Waals surface area contributed by atoms with Crippen LogP contribution in [0.25, 0.3) is 0 Å². The van der Waals surface area contributed by atoms with Gasteiger partial charge in [0.1, 0.15) is 0 Å². The van der Waals surface area contributed by atoms with Crippen LogP contribution in [-0.4, -0.2) is 33.3 Å². The molecule has 0 aliphatic rings. The molecule has 0 fully saturated rings. The number of amides is 1. The van der Waals surface area contributed by atoms with E-state index in [0.717, 1.165) is 17.5 Å². The number of carbonyl (C=O) groups excluding carboxylic acids is 1. The van der Waals surface area contributed by atoms with Gasteiger partial charge in [-0.3, -0.25) is 9.48 Å². The van der Waals surface area contributed by atoms with E-state index in [9.17, 15) is 9.59 Å². The summed E-state index contributed by atoms with van der Waals surface area (Å²) in [7, 11) is 1.86. The SMILES string of the molecule is Cn1cc(CCNC(=O)CCc2ccc(C(=O)O)cc2)cn1. The van der Waals surface area contributed by atoms with Gasteiger partial charge in [0.25, 0.3) is 0 Å². The Bertz CT molecular complexity index is 647. The van der Waals surface area contributed by atoms with Crippen LogP contribution in [-0.2, 0) is 24.7 Å². The highest BCUT2D eigenvalue weighted by Crippen LogP contribution is 2.07. The molecule has 1 amide bonds. The molecule has 2 aromatic rings. The highest BCUT2D eigenvalue weighted by molar-refractivity contribution is 5.87. The van der Waals surface area contributed by atoms with Gasteiger partial charge in [-0.25, -0.2) is 4.79 Å². The Labute approximate surface area is 128 Å². The van der Waals surface area contributed by atoms with Gasteiger partial charge in [-0.15, -0.1) is 0 Å². The second kappa shape index (κ2) is 7.40. The van der Waals surface area contributed by atoms with Gasteiger partial charge in [0.2, 0.25) is 5.91 Å². The Morgan fingerprint density at radius 2 is 1.91 bits per heavy atom. The molecule has 2 N–H and O–H groups in total. The van der Waals surface area contributed by atoms with Gasteiger partial charge in [0.15, 0.2) is 0 Å². The fourth-order valence-electron chi connectivity index (χ4n) is 2.11. The number of carboxylic acids is 1. The largest absolute Gasteiger partial charge is 0.478 e. The first-order valence-corrected chi connectivity index (χ1v) is 7.11. The molecule has 0 aliphatic heterocycles. The highest BCUT2D eigenvalue weighted by Gasteiger charge is 2.05. The van der Waals surface area contributed by atoms with Gasteiger partial charge < -0.3 is 10.4 Å². The van der Waals surface area contributed by atoms with Crippen LogP contribution in [0.4, 0.5) is 0 Å². The van der Waals surface area contributed by atoms with E-state index in [2.05, 4.69) is 10.4 Å². The van der Waals surface area contributed by atoms with Crippen LogP contribution in [0.15, 0.2) is 36.7 Å². The molecule has 6 heteroatoms. The van der Waals surface area contributed by atoms with E-state index in [4.69, 9.17) is 5.11 Å². The van der Waals surface area contributed by atoms with E-state index in [1.165, 1.54) is 0 Å². The van der Waals surface area contributed by atoms with Crippen molar-refractivity contribution in [1.29, 1.82) is 0 Å². The lowest BCUT2D eigenvalue weighted by Crippen LogP contribution is -2.25. The van der Waals surface area contributed by atoms with Crippen LogP contribution < -0.4 is 5.32 Å². The summed E-state index contributed by atoms with van der Waals surface area (Å²) < 4.78 is 1.73. The molecule has 0 atom stereocenters. The predicted octanol–water partition coefficient (Wildman–Crippen LogP) is 1.41. The Morgan fingerprint density at radius 1 is 1.18 bits per heavy atom. The van der Waals surface area contributed by atoms with E-state index in [-0.39, 0.29) is 11.5 Å². The topological polar surface area (TPSA) is 84.2 Å². The number of rotatable bonds is 7. The number of aromatic nitrogens is 2. The number of nitrogens with one attached hydrogen (secondary N) is 1. The quantitative estimate of drug-likeness (QED) is 0.810. The number of aryl methyl sites for hydroxylation is 2. The third-order valence-electron chi connectivity index (χ3n) is 3.34. The smallest absolute Gasteiger partial charge is 0.335 e. The second-order valence-corrected chi connectivity index (χ2v) is 5.12. The number of benzene rings is 1. The van der Waals surface area contributed by atoms with Crippen LogP contribution in [0.3, 0.4) is 0 Å². The van der Waals surface area contributed by atoms with E-state index >= 15 is 0 Å². The zero-order chi connectivity index (χ0) is 15.9. The molecule has 0 radical (unpaired) electrons. The normalized spacial score (nSPS) is 10.4. The molecule has 22 heavy (non-hydrogen) atoms. The first-order valence-electron chi connectivity index (χ1n) is 7.11. The number of hydrogen-bond acceptors (Lipinski definition) is 3. The molecule has 1 heterocycles. The van der Waals surface area contributed by atoms with Crippen molar-refractivity contribution in [2.75, 3.05) is 6.54 Å². The van der Waals surface area contributed by atoms with Crippen LogP contribution in [0.5, 0.6) is 0 Å². The summed E-state index contributed by atoms with van der Waals surface area (Å²) in [6.45, 7) is 0.586. The lowest BCUT2D eigenvalue weighted by Gasteiger charge is -2.05. The van der Waals surface area contributed by atoms with Crippen molar-refractivity contribution >= 4 is 11.9 Å². The number of hydrogen-bond donors (Lipinski definition) is 2. The standard InChI is InChI=1S/C16H19N3O3/c1-19-11-13(10-18-19)8-9-17-15(20)7-4-12-2-5-14(6-3-12)16(21)22/h2-3,5-6,10-11H,4,7-9H2,1H3,(H,17,20)(H,21,22). The van der Waals surface area contributed by atoms with Crippen molar-refractivity contribution < 1.29 is 14.7 Å². The first kappa shape index (κ1) is 15.8. The molecule has 116 valence electrons. The molecule has 1 aromatic heterocycles. The zero-order valence-corrected chi connectivity index (χ0v) is 12.5. The summed E-state index contributed by atoms with van der Waals surface area (Å²) in [4.78, 5) is 22.5. The Balaban J connectivity index is 1.69. The molecular weight excluding hydrogens is 282 g/mol. The molecule has 0 bridgehead atoms. The van der Waals surface area contributed by atoms with E-state index < -0.39 is 5.97 Å². The summed E-state index contributed by atoms with van der Waals surface area (Å²) in [5.74, 6) is -0.953. The highest BCUT2D eigenvalue weighted by atomic mass is 16.4. The van der Waals surface area contributed by atoms with Crippen molar-refractivity contribution in [3.8, 4) is 0 Å². The predicted molar refractivity (Wildman–Crippen MR) is 81.6 cm³/mol.